The van der Waals surface area contributed by atoms with E-state index in [0.717, 1.165) is 11.1 Å². The summed E-state index contributed by atoms with van der Waals surface area (Å²) >= 11 is 6.08. The van der Waals surface area contributed by atoms with E-state index in [1.54, 1.807) is 40.7 Å². The molecular formula is C27H28ClNO6S. The number of ether oxygens (including phenoxy) is 2. The maximum Gasteiger partial charge on any atom is 0.337 e. The lowest BCUT2D eigenvalue weighted by Gasteiger charge is -2.30. The van der Waals surface area contributed by atoms with Crippen molar-refractivity contribution in [3.8, 4) is 22.6 Å². The Kier molecular flexibility index (Phi) is 6.58. The first-order valence-electron chi connectivity index (χ1n) is 11.3. The van der Waals surface area contributed by atoms with Crippen molar-refractivity contribution in [2.75, 3.05) is 4.72 Å². The SMILES string of the molecule is Cc1ccc(-c2c(C)c3c(c(C)c2[C@H](OC(C)(C)C)C(=O)O)NS(=O)(=O)c2cc(Cl)ccc2O3)cc1. The van der Waals surface area contributed by atoms with Gasteiger partial charge in [-0.1, -0.05) is 41.4 Å². The molecule has 0 fully saturated rings. The second-order valence-electron chi connectivity index (χ2n) is 9.86. The molecule has 3 aromatic rings. The Labute approximate surface area is 216 Å². The van der Waals surface area contributed by atoms with Gasteiger partial charge in [0.15, 0.2) is 11.9 Å². The average molecular weight is 530 g/mol. The van der Waals surface area contributed by atoms with Crippen LogP contribution in [0.2, 0.25) is 5.02 Å². The van der Waals surface area contributed by atoms with Crippen LogP contribution in [0.15, 0.2) is 47.4 Å². The molecule has 7 nitrogen and oxygen atoms in total. The van der Waals surface area contributed by atoms with Crippen LogP contribution < -0.4 is 9.46 Å². The second-order valence-corrected chi connectivity index (χ2v) is 11.9. The van der Waals surface area contributed by atoms with Gasteiger partial charge in [-0.05, 0) is 76.4 Å². The largest absolute Gasteiger partial charge is 0.479 e. The molecule has 0 amide bonds. The molecule has 0 spiro atoms. The highest BCUT2D eigenvalue weighted by molar-refractivity contribution is 7.92. The summed E-state index contributed by atoms with van der Waals surface area (Å²) in [6, 6.07) is 12.0. The molecule has 3 aromatic carbocycles. The summed E-state index contributed by atoms with van der Waals surface area (Å²) in [6.45, 7) is 10.7. The number of aliphatic carboxylic acids is 1. The predicted octanol–water partition coefficient (Wildman–Crippen LogP) is 6.78. The number of benzene rings is 3. The topological polar surface area (TPSA) is 102 Å². The lowest BCUT2D eigenvalue weighted by molar-refractivity contribution is -0.160. The molecular weight excluding hydrogens is 502 g/mol. The number of hydrogen-bond donors (Lipinski definition) is 2. The first-order chi connectivity index (χ1) is 16.7. The van der Waals surface area contributed by atoms with Crippen molar-refractivity contribution in [3.63, 3.8) is 0 Å². The molecule has 0 radical (unpaired) electrons. The van der Waals surface area contributed by atoms with Crippen molar-refractivity contribution in [2.24, 2.45) is 0 Å². The third-order valence-electron chi connectivity index (χ3n) is 5.93. The molecule has 2 N–H and O–H groups in total. The average Bonchev–Trinajstić information content (AvgIpc) is 2.89. The first-order valence-corrected chi connectivity index (χ1v) is 13.2. The highest BCUT2D eigenvalue weighted by Crippen LogP contribution is 2.50. The van der Waals surface area contributed by atoms with E-state index in [0.29, 0.717) is 22.3 Å². The number of nitrogens with one attached hydrogen (secondary N) is 1. The third kappa shape index (κ3) is 4.81. The minimum Gasteiger partial charge on any atom is -0.479 e. The summed E-state index contributed by atoms with van der Waals surface area (Å²) < 4.78 is 41.5. The lowest BCUT2D eigenvalue weighted by Crippen LogP contribution is -2.28. The van der Waals surface area contributed by atoms with Crippen LogP contribution >= 0.6 is 11.6 Å². The van der Waals surface area contributed by atoms with Crippen LogP contribution in [-0.2, 0) is 19.6 Å². The quantitative estimate of drug-likeness (QED) is 0.386. The molecule has 0 saturated heterocycles. The minimum absolute atomic E-state index is 0.107. The van der Waals surface area contributed by atoms with Gasteiger partial charge in [0.1, 0.15) is 10.6 Å². The number of rotatable bonds is 4. The summed E-state index contributed by atoms with van der Waals surface area (Å²) in [4.78, 5) is 12.4. The smallest absolute Gasteiger partial charge is 0.337 e. The minimum atomic E-state index is -4.08. The molecule has 4 rings (SSSR count). The molecule has 36 heavy (non-hydrogen) atoms. The van der Waals surface area contributed by atoms with Gasteiger partial charge in [0.05, 0.1) is 11.3 Å². The Morgan fingerprint density at radius 1 is 1.06 bits per heavy atom. The van der Waals surface area contributed by atoms with E-state index in [1.165, 1.54) is 12.1 Å². The van der Waals surface area contributed by atoms with Crippen LogP contribution in [-0.4, -0.2) is 25.1 Å². The Morgan fingerprint density at radius 2 is 1.69 bits per heavy atom. The number of carboxylic acid groups (broad SMARTS) is 1. The normalized spacial score (nSPS) is 15.1. The zero-order valence-electron chi connectivity index (χ0n) is 20.9. The van der Waals surface area contributed by atoms with E-state index in [2.05, 4.69) is 4.72 Å². The molecule has 0 bridgehead atoms. The van der Waals surface area contributed by atoms with Crippen molar-refractivity contribution in [2.45, 2.75) is 58.1 Å². The molecule has 0 aliphatic carbocycles. The van der Waals surface area contributed by atoms with Gasteiger partial charge in [-0.25, -0.2) is 13.2 Å². The Morgan fingerprint density at radius 3 is 2.28 bits per heavy atom. The molecule has 0 aromatic heterocycles. The number of anilines is 1. The fourth-order valence-corrected chi connectivity index (χ4v) is 5.85. The highest BCUT2D eigenvalue weighted by Gasteiger charge is 2.37. The fourth-order valence-electron chi connectivity index (χ4n) is 4.33. The van der Waals surface area contributed by atoms with Gasteiger partial charge in [-0.15, -0.1) is 0 Å². The zero-order valence-corrected chi connectivity index (χ0v) is 22.5. The summed E-state index contributed by atoms with van der Waals surface area (Å²) in [5.74, 6) is -0.777. The van der Waals surface area contributed by atoms with Crippen molar-refractivity contribution in [3.05, 3.63) is 69.7 Å². The number of carbonyl (C=O) groups is 1. The van der Waals surface area contributed by atoms with Gasteiger partial charge < -0.3 is 14.6 Å². The van der Waals surface area contributed by atoms with E-state index < -0.39 is 27.7 Å². The standard InChI is InChI=1S/C27H28ClNO6S/c1-14-7-9-17(10-8-14)21-16(3)24-23(15(2)22(21)25(26(30)31)35-27(4,5)6)29-36(32,33)20-13-18(28)11-12-19(20)34-24/h7-13,25,29H,1-6H3,(H,30,31)/t25-/m0/s1. The maximum absolute atomic E-state index is 13.3. The van der Waals surface area contributed by atoms with Gasteiger partial charge in [-0.2, -0.15) is 0 Å². The Bertz CT molecular complexity index is 1470. The summed E-state index contributed by atoms with van der Waals surface area (Å²) in [6.07, 6.45) is -1.37. The summed E-state index contributed by atoms with van der Waals surface area (Å²) in [7, 11) is -4.08. The van der Waals surface area contributed by atoms with E-state index in [4.69, 9.17) is 21.1 Å². The van der Waals surface area contributed by atoms with Gasteiger partial charge in [0, 0.05) is 16.1 Å². The van der Waals surface area contributed by atoms with Gasteiger partial charge in [0.25, 0.3) is 10.0 Å². The molecule has 190 valence electrons. The van der Waals surface area contributed by atoms with Crippen molar-refractivity contribution >= 4 is 33.3 Å². The maximum atomic E-state index is 13.3. The van der Waals surface area contributed by atoms with Crippen molar-refractivity contribution < 1.29 is 27.8 Å². The van der Waals surface area contributed by atoms with Gasteiger partial charge in [-0.3, -0.25) is 4.72 Å². The first kappa shape index (κ1) is 26.0. The second kappa shape index (κ2) is 9.10. The summed E-state index contributed by atoms with van der Waals surface area (Å²) in [5.41, 5.74) is 3.11. The number of carboxylic acids is 1. The third-order valence-corrected chi connectivity index (χ3v) is 7.54. The molecule has 0 unspecified atom stereocenters. The zero-order chi connectivity index (χ0) is 26.6. The van der Waals surface area contributed by atoms with Crippen LogP contribution in [0.1, 0.15) is 49.1 Å². The molecule has 0 saturated carbocycles. The van der Waals surface area contributed by atoms with Crippen LogP contribution in [0.5, 0.6) is 11.5 Å². The van der Waals surface area contributed by atoms with Gasteiger partial charge in [0.2, 0.25) is 0 Å². The number of aryl methyl sites for hydroxylation is 1. The van der Waals surface area contributed by atoms with Crippen molar-refractivity contribution in [1.82, 2.24) is 0 Å². The van der Waals surface area contributed by atoms with Crippen LogP contribution in [0.3, 0.4) is 0 Å². The van der Waals surface area contributed by atoms with Crippen LogP contribution in [0, 0.1) is 20.8 Å². The Hall–Kier alpha value is -3.07. The summed E-state index contributed by atoms with van der Waals surface area (Å²) in [5, 5.41) is 10.5. The fraction of sp³-hybridized carbons (Fsp3) is 0.296. The van der Waals surface area contributed by atoms with Crippen molar-refractivity contribution in [1.29, 1.82) is 0 Å². The molecule has 1 aliphatic heterocycles. The van der Waals surface area contributed by atoms with E-state index in [-0.39, 0.29) is 27.1 Å². The van der Waals surface area contributed by atoms with E-state index in [9.17, 15) is 18.3 Å². The highest BCUT2D eigenvalue weighted by atomic mass is 35.5. The number of halogens is 1. The Balaban J connectivity index is 2.10. The van der Waals surface area contributed by atoms with E-state index >= 15 is 0 Å². The number of hydrogen-bond acceptors (Lipinski definition) is 5. The molecule has 1 atom stereocenters. The number of fused-ring (bicyclic) bond motifs is 2. The predicted molar refractivity (Wildman–Crippen MR) is 140 cm³/mol. The molecule has 1 heterocycles. The number of sulfonamides is 1. The monoisotopic (exact) mass is 529 g/mol. The van der Waals surface area contributed by atoms with Gasteiger partial charge >= 0.3 is 5.97 Å². The van der Waals surface area contributed by atoms with E-state index in [1.807, 2.05) is 31.2 Å². The molecule has 1 aliphatic rings. The van der Waals surface area contributed by atoms with Crippen LogP contribution in [0.4, 0.5) is 5.69 Å². The van der Waals surface area contributed by atoms with Crippen LogP contribution in [0.25, 0.3) is 11.1 Å². The molecule has 9 heteroatoms. The lowest BCUT2D eigenvalue weighted by atomic mass is 9.86.